The summed E-state index contributed by atoms with van der Waals surface area (Å²) in [6.07, 6.45) is 9.50. The summed E-state index contributed by atoms with van der Waals surface area (Å²) in [5.41, 5.74) is 2.38. The zero-order chi connectivity index (χ0) is 33.8. The number of cyclic esters (lactones) is 1. The highest BCUT2D eigenvalue weighted by Crippen LogP contribution is 2.37. The van der Waals surface area contributed by atoms with Gasteiger partial charge in [-0.1, -0.05) is 18.2 Å². The Balaban J connectivity index is 1.39. The summed E-state index contributed by atoms with van der Waals surface area (Å²) in [5.74, 6) is -0.365. The molecule has 1 saturated carbocycles. The molecular formula is C34H33F3N6O5. The second-order valence-corrected chi connectivity index (χ2v) is 11.7. The first-order valence-electron chi connectivity index (χ1n) is 15.5. The molecule has 4 aromatic rings. The van der Waals surface area contributed by atoms with E-state index in [2.05, 4.69) is 30.3 Å². The van der Waals surface area contributed by atoms with Gasteiger partial charge in [-0.05, 0) is 67.7 Å². The molecule has 2 fully saturated rings. The van der Waals surface area contributed by atoms with Crippen molar-refractivity contribution < 1.29 is 32.5 Å². The van der Waals surface area contributed by atoms with E-state index in [0.29, 0.717) is 53.0 Å². The quantitative estimate of drug-likeness (QED) is 0.193. The summed E-state index contributed by atoms with van der Waals surface area (Å²) in [5, 5.41) is 17.0. The Labute approximate surface area is 273 Å². The van der Waals surface area contributed by atoms with Gasteiger partial charge in [0.05, 0.1) is 36.8 Å². The number of hydrogen-bond acceptors (Lipinski definition) is 10. The smallest absolute Gasteiger partial charge is 0.387 e. The maximum absolute atomic E-state index is 14.2. The van der Waals surface area contributed by atoms with Gasteiger partial charge in [-0.3, -0.25) is 19.1 Å². The van der Waals surface area contributed by atoms with Crippen LogP contribution in [0.1, 0.15) is 43.2 Å². The van der Waals surface area contributed by atoms with Crippen LogP contribution in [0, 0.1) is 12.7 Å². The number of rotatable bonds is 10. The van der Waals surface area contributed by atoms with Crippen LogP contribution in [0.2, 0.25) is 0 Å². The molecule has 14 heteroatoms. The van der Waals surface area contributed by atoms with Gasteiger partial charge in [0.2, 0.25) is 5.95 Å². The second kappa shape index (κ2) is 14.3. The predicted octanol–water partition coefficient (Wildman–Crippen LogP) is 5.26. The van der Waals surface area contributed by atoms with Crippen LogP contribution in [0.5, 0.6) is 5.75 Å². The number of carbonyl (C=O) groups excluding carboxylic acids is 1. The molecule has 0 radical (unpaired) electrons. The zero-order valence-corrected chi connectivity index (χ0v) is 25.9. The van der Waals surface area contributed by atoms with Crippen LogP contribution < -0.4 is 20.9 Å². The Morgan fingerprint density at radius 3 is 2.44 bits per heavy atom. The molecule has 11 nitrogen and oxygen atoms in total. The summed E-state index contributed by atoms with van der Waals surface area (Å²) in [4.78, 5) is 38.6. The largest absolute Gasteiger partial charge is 0.458 e. The number of benzene rings is 1. The van der Waals surface area contributed by atoms with Crippen LogP contribution in [-0.4, -0.2) is 61.5 Å². The molecule has 250 valence electrons. The fourth-order valence-corrected chi connectivity index (χ4v) is 6.10. The molecule has 1 saturated heterocycles. The highest BCUT2D eigenvalue weighted by molar-refractivity contribution is 5.86. The number of ether oxygens (including phenoxy) is 2. The fraction of sp³-hybridized carbons (Fsp3) is 0.324. The summed E-state index contributed by atoms with van der Waals surface area (Å²) in [6.45, 7) is -1.28. The zero-order valence-electron chi connectivity index (χ0n) is 25.9. The first-order valence-corrected chi connectivity index (χ1v) is 15.5. The lowest BCUT2D eigenvalue weighted by Crippen LogP contribution is -2.31. The van der Waals surface area contributed by atoms with Crippen LogP contribution in [0.25, 0.3) is 22.9 Å². The van der Waals surface area contributed by atoms with E-state index in [1.54, 1.807) is 60.3 Å². The maximum Gasteiger partial charge on any atom is 0.387 e. The third-order valence-corrected chi connectivity index (χ3v) is 8.32. The number of nitrogens with one attached hydrogen (secondary N) is 2. The molecule has 2 aliphatic rings. The van der Waals surface area contributed by atoms with Crippen molar-refractivity contribution in [1.82, 2.24) is 19.5 Å². The maximum atomic E-state index is 14.2. The average molecular weight is 663 g/mol. The van der Waals surface area contributed by atoms with Gasteiger partial charge in [0.15, 0.2) is 5.75 Å². The van der Waals surface area contributed by atoms with E-state index in [9.17, 15) is 27.9 Å². The van der Waals surface area contributed by atoms with E-state index in [4.69, 9.17) is 4.74 Å². The van der Waals surface area contributed by atoms with Gasteiger partial charge in [-0.15, -0.1) is 0 Å². The summed E-state index contributed by atoms with van der Waals surface area (Å²) < 4.78 is 50.5. The molecule has 0 spiro atoms. The molecule has 1 aromatic carbocycles. The second-order valence-electron chi connectivity index (χ2n) is 11.7. The van der Waals surface area contributed by atoms with Crippen molar-refractivity contribution >= 4 is 23.8 Å². The monoisotopic (exact) mass is 662 g/mol. The number of hydrogen-bond donors (Lipinski definition) is 3. The number of anilines is 2. The van der Waals surface area contributed by atoms with E-state index in [1.807, 2.05) is 0 Å². The minimum Gasteiger partial charge on any atom is -0.458 e. The molecule has 1 aliphatic carbocycles. The van der Waals surface area contributed by atoms with Crippen LogP contribution in [-0.2, 0) is 9.53 Å². The van der Waals surface area contributed by atoms with E-state index >= 15 is 0 Å². The Bertz CT molecular complexity index is 1840. The van der Waals surface area contributed by atoms with Gasteiger partial charge < -0.3 is 25.2 Å². The van der Waals surface area contributed by atoms with Crippen molar-refractivity contribution in [3.05, 3.63) is 94.6 Å². The number of aliphatic hydroxyl groups excluding tert-OH is 1. The molecule has 48 heavy (non-hydrogen) atoms. The fourth-order valence-electron chi connectivity index (χ4n) is 6.10. The molecule has 4 atom stereocenters. The van der Waals surface area contributed by atoms with Crippen molar-refractivity contribution in [2.75, 3.05) is 10.6 Å². The molecule has 6 rings (SSSR count). The first kappa shape index (κ1) is 32.7. The number of aliphatic hydroxyl groups is 1. The third kappa shape index (κ3) is 7.49. The Hall–Kier alpha value is -5.24. The van der Waals surface area contributed by atoms with Gasteiger partial charge in [0.1, 0.15) is 17.7 Å². The van der Waals surface area contributed by atoms with E-state index < -0.39 is 30.6 Å². The Morgan fingerprint density at radius 2 is 1.77 bits per heavy atom. The molecule has 0 bridgehead atoms. The topological polar surface area (TPSA) is 140 Å². The van der Waals surface area contributed by atoms with Crippen LogP contribution in [0.3, 0.4) is 0 Å². The summed E-state index contributed by atoms with van der Waals surface area (Å²) in [7, 11) is 0. The number of aromatic nitrogens is 4. The van der Waals surface area contributed by atoms with Crippen LogP contribution in [0.4, 0.5) is 24.9 Å². The van der Waals surface area contributed by atoms with Crippen LogP contribution >= 0.6 is 0 Å². The molecule has 3 aromatic heterocycles. The van der Waals surface area contributed by atoms with Gasteiger partial charge in [-0.25, -0.2) is 14.4 Å². The number of esters is 1. The summed E-state index contributed by atoms with van der Waals surface area (Å²) >= 11 is 0. The standard InChI is InChI=1S/C34H33F3N6O5/c1-19-28(11-10-26-14-25(44)15-29(45)47-26)30(20-4-6-21(35)7-5-20)31(43(32(19)46)24-3-2-12-38-16-24)41-22-8-9-23(13-22)42-34-39-17-27(18-40-34)48-33(36)37/h2-7,10-12,16-18,22-23,25-26,33,41,44H,8-9,13-15H2,1H3,(H,39,40,42)/b11-10+/t22-,23-,25+,26+/m0/s1. The van der Waals surface area contributed by atoms with Crippen molar-refractivity contribution in [2.45, 2.75) is 69.9 Å². The van der Waals surface area contributed by atoms with Gasteiger partial charge >= 0.3 is 12.6 Å². The molecule has 1 aliphatic heterocycles. The summed E-state index contributed by atoms with van der Waals surface area (Å²) in [6, 6.07) is 9.22. The van der Waals surface area contributed by atoms with Crippen LogP contribution in [0.15, 0.2) is 72.1 Å². The normalized spacial score (nSPS) is 21.0. The van der Waals surface area contributed by atoms with Gasteiger partial charge in [-0.2, -0.15) is 8.78 Å². The predicted molar refractivity (Wildman–Crippen MR) is 171 cm³/mol. The molecule has 0 amide bonds. The van der Waals surface area contributed by atoms with E-state index in [0.717, 1.165) is 0 Å². The number of nitrogens with zero attached hydrogens (tertiary/aromatic N) is 4. The van der Waals surface area contributed by atoms with E-state index in [-0.39, 0.29) is 42.2 Å². The van der Waals surface area contributed by atoms with E-state index in [1.165, 1.54) is 24.5 Å². The number of carbonyl (C=O) groups is 1. The SMILES string of the molecule is Cc1c(/C=C/[C@@H]2C[C@@H](O)CC(=O)O2)c(-c2ccc(F)cc2)c(N[C@H]2CC[C@H](Nc3ncc(OC(F)F)cn3)C2)n(-c2cccnc2)c1=O. The highest BCUT2D eigenvalue weighted by Gasteiger charge is 2.30. The molecule has 0 unspecified atom stereocenters. The number of alkyl halides is 2. The van der Waals surface area contributed by atoms with Crippen molar-refractivity contribution in [2.24, 2.45) is 0 Å². The van der Waals surface area contributed by atoms with Gasteiger partial charge in [0, 0.05) is 35.8 Å². The van der Waals surface area contributed by atoms with Crippen molar-refractivity contribution in [1.29, 1.82) is 0 Å². The first-order chi connectivity index (χ1) is 23.1. The average Bonchev–Trinajstić information content (AvgIpc) is 3.50. The van der Waals surface area contributed by atoms with Gasteiger partial charge in [0.25, 0.3) is 5.56 Å². The number of pyridine rings is 2. The molecular weight excluding hydrogens is 629 g/mol. The molecule has 3 N–H and O–H groups in total. The Kier molecular flexibility index (Phi) is 9.71. The van der Waals surface area contributed by atoms with Crippen molar-refractivity contribution in [3.8, 4) is 22.6 Å². The minimum atomic E-state index is -2.98. The lowest BCUT2D eigenvalue weighted by Gasteiger charge is -2.26. The molecule has 4 heterocycles. The number of halogens is 3. The Morgan fingerprint density at radius 1 is 1.04 bits per heavy atom. The highest BCUT2D eigenvalue weighted by atomic mass is 19.3. The lowest BCUT2D eigenvalue weighted by atomic mass is 9.94. The minimum absolute atomic E-state index is 0.0746. The third-order valence-electron chi connectivity index (χ3n) is 8.32. The lowest BCUT2D eigenvalue weighted by molar-refractivity contribution is -0.156. The van der Waals surface area contributed by atoms with Crippen molar-refractivity contribution in [3.63, 3.8) is 0 Å².